The molecule has 4 nitrogen and oxygen atoms in total. The molecule has 0 radical (unpaired) electrons. The number of hydrogen-bond donors (Lipinski definition) is 1. The van der Waals surface area contributed by atoms with E-state index in [1.807, 2.05) is 6.07 Å². The van der Waals surface area contributed by atoms with Crippen molar-refractivity contribution in [2.45, 2.75) is 12.1 Å². The third-order valence-corrected chi connectivity index (χ3v) is 4.68. The topological polar surface area (TPSA) is 69.8 Å². The normalized spacial score (nSPS) is 19.3. The molecular formula is C20H12F3N3O. The van der Waals surface area contributed by atoms with Gasteiger partial charge in [-0.05, 0) is 17.7 Å². The average molecular weight is 367 g/mol. The second-order valence-electron chi connectivity index (χ2n) is 6.25. The fourth-order valence-electron chi connectivity index (χ4n) is 3.43. The third-order valence-electron chi connectivity index (χ3n) is 4.68. The zero-order valence-corrected chi connectivity index (χ0v) is 13.8. The van der Waals surface area contributed by atoms with Crippen LogP contribution in [0.3, 0.4) is 0 Å². The number of nitriles is 1. The van der Waals surface area contributed by atoms with Crippen LogP contribution in [0.4, 0.5) is 13.2 Å². The van der Waals surface area contributed by atoms with Crippen LogP contribution in [0.25, 0.3) is 10.8 Å². The number of halogens is 3. The monoisotopic (exact) mass is 367 g/mol. The van der Waals surface area contributed by atoms with E-state index in [-0.39, 0.29) is 5.90 Å². The van der Waals surface area contributed by atoms with Crippen molar-refractivity contribution in [1.29, 1.82) is 10.7 Å². The summed E-state index contributed by atoms with van der Waals surface area (Å²) in [4.78, 5) is 4.04. The van der Waals surface area contributed by atoms with E-state index in [9.17, 15) is 18.4 Å². The highest BCUT2D eigenvalue weighted by Crippen LogP contribution is 2.45. The Morgan fingerprint density at radius 3 is 2.70 bits per heavy atom. The van der Waals surface area contributed by atoms with Gasteiger partial charge >= 0.3 is 6.18 Å². The zero-order valence-electron chi connectivity index (χ0n) is 13.8. The van der Waals surface area contributed by atoms with Gasteiger partial charge in [0.05, 0.1) is 11.6 Å². The molecular weight excluding hydrogens is 355 g/mol. The van der Waals surface area contributed by atoms with Crippen molar-refractivity contribution < 1.29 is 17.9 Å². The van der Waals surface area contributed by atoms with Crippen molar-refractivity contribution >= 4 is 16.7 Å². The van der Waals surface area contributed by atoms with Crippen LogP contribution in [0, 0.1) is 22.7 Å². The summed E-state index contributed by atoms with van der Waals surface area (Å²) in [6, 6.07) is 12.1. The second-order valence-corrected chi connectivity index (χ2v) is 6.25. The van der Waals surface area contributed by atoms with Crippen molar-refractivity contribution in [2.75, 3.05) is 0 Å². The molecule has 1 aromatic heterocycles. The minimum Gasteiger partial charge on any atom is -0.441 e. The summed E-state index contributed by atoms with van der Waals surface area (Å²) in [5, 5.41) is 19.2. The van der Waals surface area contributed by atoms with Crippen LogP contribution >= 0.6 is 0 Å². The minimum atomic E-state index is -4.49. The molecule has 7 heteroatoms. The number of fused-ring (bicyclic) bond motifs is 3. The molecule has 2 heterocycles. The van der Waals surface area contributed by atoms with Crippen molar-refractivity contribution in [1.82, 2.24) is 4.98 Å². The maximum Gasteiger partial charge on any atom is 0.416 e. The number of hydrogen-bond acceptors (Lipinski definition) is 4. The Morgan fingerprint density at radius 2 is 1.96 bits per heavy atom. The molecule has 27 heavy (non-hydrogen) atoms. The highest BCUT2D eigenvalue weighted by atomic mass is 19.4. The van der Waals surface area contributed by atoms with Gasteiger partial charge in [-0.2, -0.15) is 18.4 Å². The fraction of sp³-hybridized carbons (Fsp3) is 0.150. The molecule has 3 aromatic rings. The fourth-order valence-corrected chi connectivity index (χ4v) is 3.43. The van der Waals surface area contributed by atoms with Crippen LogP contribution in [0.5, 0.6) is 5.75 Å². The van der Waals surface area contributed by atoms with Gasteiger partial charge in [-0.15, -0.1) is 0 Å². The molecule has 0 spiro atoms. The van der Waals surface area contributed by atoms with Crippen molar-refractivity contribution in [3.8, 4) is 11.8 Å². The van der Waals surface area contributed by atoms with Gasteiger partial charge in [-0.1, -0.05) is 30.3 Å². The first-order chi connectivity index (χ1) is 12.9. The quantitative estimate of drug-likeness (QED) is 0.665. The Balaban J connectivity index is 1.96. The molecule has 0 bridgehead atoms. The van der Waals surface area contributed by atoms with Gasteiger partial charge in [-0.25, -0.2) is 0 Å². The van der Waals surface area contributed by atoms with Crippen LogP contribution < -0.4 is 4.74 Å². The molecule has 2 atom stereocenters. The average Bonchev–Trinajstić information content (AvgIpc) is 2.66. The number of nitrogens with zero attached hydrogens (tertiary/aromatic N) is 2. The molecule has 0 fully saturated rings. The Kier molecular flexibility index (Phi) is 3.84. The van der Waals surface area contributed by atoms with Crippen molar-refractivity contribution in [2.24, 2.45) is 5.92 Å². The molecule has 4 rings (SSSR count). The summed E-state index contributed by atoms with van der Waals surface area (Å²) >= 11 is 0. The molecule has 0 saturated heterocycles. The zero-order chi connectivity index (χ0) is 19.2. The van der Waals surface area contributed by atoms with Crippen LogP contribution in [0.1, 0.15) is 22.6 Å². The van der Waals surface area contributed by atoms with Gasteiger partial charge in [0.25, 0.3) is 0 Å². The van der Waals surface area contributed by atoms with E-state index in [2.05, 4.69) is 4.98 Å². The van der Waals surface area contributed by atoms with Crippen molar-refractivity contribution in [3.63, 3.8) is 0 Å². The predicted molar refractivity (Wildman–Crippen MR) is 92.5 cm³/mol. The number of benzene rings is 2. The maximum absolute atomic E-state index is 13.2. The lowest BCUT2D eigenvalue weighted by Gasteiger charge is -2.31. The van der Waals surface area contributed by atoms with E-state index < -0.39 is 23.6 Å². The van der Waals surface area contributed by atoms with E-state index in [0.29, 0.717) is 22.3 Å². The predicted octanol–water partition coefficient (Wildman–Crippen LogP) is 4.89. The van der Waals surface area contributed by atoms with Crippen LogP contribution in [0.15, 0.2) is 54.9 Å². The molecule has 2 unspecified atom stereocenters. The lowest BCUT2D eigenvalue weighted by Crippen LogP contribution is -2.31. The first kappa shape index (κ1) is 17.0. The molecule has 0 saturated carbocycles. The van der Waals surface area contributed by atoms with Gasteiger partial charge in [0.15, 0.2) is 0 Å². The second kappa shape index (κ2) is 6.09. The number of ether oxygens (including phenoxy) is 1. The van der Waals surface area contributed by atoms with E-state index in [4.69, 9.17) is 10.1 Å². The van der Waals surface area contributed by atoms with Crippen LogP contribution in [0.2, 0.25) is 0 Å². The van der Waals surface area contributed by atoms with E-state index in [1.54, 1.807) is 36.7 Å². The van der Waals surface area contributed by atoms with Gasteiger partial charge in [0, 0.05) is 34.6 Å². The Labute approximate surface area is 152 Å². The SMILES string of the molecule is N#CC1C(=N)Oc2c(ccc3cnccc23)C1c1cccc(C(F)(F)F)c1. The Morgan fingerprint density at radius 1 is 1.15 bits per heavy atom. The number of pyridine rings is 1. The summed E-state index contributed by atoms with van der Waals surface area (Å²) in [6.45, 7) is 0. The lowest BCUT2D eigenvalue weighted by molar-refractivity contribution is -0.137. The van der Waals surface area contributed by atoms with Crippen LogP contribution in [-0.2, 0) is 6.18 Å². The highest BCUT2D eigenvalue weighted by molar-refractivity contribution is 5.95. The lowest BCUT2D eigenvalue weighted by atomic mass is 9.78. The minimum absolute atomic E-state index is 0.281. The van der Waals surface area contributed by atoms with E-state index >= 15 is 0 Å². The Hall–Kier alpha value is -3.40. The third kappa shape index (κ3) is 2.79. The number of alkyl halides is 3. The number of rotatable bonds is 1. The summed E-state index contributed by atoms with van der Waals surface area (Å²) in [5.74, 6) is -1.64. The number of nitrogens with one attached hydrogen (secondary N) is 1. The van der Waals surface area contributed by atoms with Gasteiger partial charge in [-0.3, -0.25) is 10.4 Å². The van der Waals surface area contributed by atoms with Crippen molar-refractivity contribution in [3.05, 3.63) is 71.5 Å². The standard InChI is InChI=1S/C20H12F3N3O/c21-20(22,23)13-3-1-2-11(8-13)17-15-5-4-12-10-26-7-6-14(12)18(15)27-19(25)16(17)9-24/h1-8,10,16-17,25H. The summed E-state index contributed by atoms with van der Waals surface area (Å²) in [5.41, 5.74) is 0.107. The first-order valence-corrected chi connectivity index (χ1v) is 8.10. The summed E-state index contributed by atoms with van der Waals surface area (Å²) in [6.07, 6.45) is -1.28. The molecule has 2 aromatic carbocycles. The van der Waals surface area contributed by atoms with Gasteiger partial charge < -0.3 is 4.74 Å². The Bertz CT molecular complexity index is 1100. The first-order valence-electron chi connectivity index (χ1n) is 8.10. The molecule has 1 aliphatic rings. The molecule has 134 valence electrons. The molecule has 1 N–H and O–H groups in total. The molecule has 0 aliphatic carbocycles. The van der Waals surface area contributed by atoms with E-state index in [0.717, 1.165) is 17.5 Å². The highest BCUT2D eigenvalue weighted by Gasteiger charge is 2.39. The largest absolute Gasteiger partial charge is 0.441 e. The van der Waals surface area contributed by atoms with Gasteiger partial charge in [0.2, 0.25) is 5.90 Å². The molecule has 1 aliphatic heterocycles. The van der Waals surface area contributed by atoms with Gasteiger partial charge in [0.1, 0.15) is 11.7 Å². The summed E-state index contributed by atoms with van der Waals surface area (Å²) in [7, 11) is 0. The maximum atomic E-state index is 13.2. The van der Waals surface area contributed by atoms with Crippen LogP contribution in [-0.4, -0.2) is 10.9 Å². The number of aromatic nitrogens is 1. The smallest absolute Gasteiger partial charge is 0.416 e. The molecule has 0 amide bonds. The summed E-state index contributed by atoms with van der Waals surface area (Å²) < 4.78 is 45.1. The van der Waals surface area contributed by atoms with E-state index in [1.165, 1.54) is 6.07 Å².